The average Bonchev–Trinajstić information content (AvgIpc) is 2.82. The van der Waals surface area contributed by atoms with Crippen molar-refractivity contribution in [2.75, 3.05) is 5.32 Å². The number of halogens is 1. The molecular weight excluding hydrogens is 308 g/mol. The number of amides is 1. The molecule has 1 aromatic carbocycles. The molecule has 0 saturated carbocycles. The van der Waals surface area contributed by atoms with Crippen molar-refractivity contribution >= 4 is 27.5 Å². The van der Waals surface area contributed by atoms with Crippen LogP contribution in [0.1, 0.15) is 5.56 Å². The van der Waals surface area contributed by atoms with E-state index in [1.165, 1.54) is 0 Å². The van der Waals surface area contributed by atoms with Gasteiger partial charge in [0, 0.05) is 17.1 Å². The lowest BCUT2D eigenvalue weighted by molar-refractivity contribution is -0.122. The maximum absolute atomic E-state index is 12.1. The monoisotopic (exact) mass is 318 g/mol. The third-order valence-corrected chi connectivity index (χ3v) is 3.35. The van der Waals surface area contributed by atoms with Crippen molar-refractivity contribution in [1.29, 1.82) is 0 Å². The summed E-state index contributed by atoms with van der Waals surface area (Å²) in [6.45, 7) is 0. The number of fused-ring (bicyclic) bond motifs is 1. The van der Waals surface area contributed by atoms with Gasteiger partial charge in [-0.05, 0) is 33.6 Å². The summed E-state index contributed by atoms with van der Waals surface area (Å²) >= 11 is 3.31. The molecule has 0 saturated heterocycles. The van der Waals surface area contributed by atoms with Crippen molar-refractivity contribution < 1.29 is 9.53 Å². The Bertz CT molecular complexity index is 605. The quantitative estimate of drug-likeness (QED) is 0.926. The lowest BCUT2D eigenvalue weighted by Crippen LogP contribution is -2.31. The summed E-state index contributed by atoms with van der Waals surface area (Å²) < 4.78 is 6.45. The van der Waals surface area contributed by atoms with Crippen molar-refractivity contribution in [3.63, 3.8) is 0 Å². The summed E-state index contributed by atoms with van der Waals surface area (Å²) in [5.41, 5.74) is 1.72. The number of anilines is 1. The molecule has 0 spiro atoms. The van der Waals surface area contributed by atoms with Crippen LogP contribution in [0, 0.1) is 0 Å². The van der Waals surface area contributed by atoms with Crippen molar-refractivity contribution in [3.05, 3.63) is 52.8 Å². The normalized spacial score (nSPS) is 16.6. The number of ether oxygens (including phenoxy) is 1. The highest BCUT2D eigenvalue weighted by Gasteiger charge is 2.28. The van der Waals surface area contributed by atoms with E-state index in [2.05, 4.69) is 26.2 Å². The molecule has 1 aliphatic rings. The summed E-state index contributed by atoms with van der Waals surface area (Å²) in [5.74, 6) is 0.631. The molecule has 3 rings (SSSR count). The highest BCUT2D eigenvalue weighted by Crippen LogP contribution is 2.28. The van der Waals surface area contributed by atoms with Crippen molar-refractivity contribution in [1.82, 2.24) is 4.98 Å². The van der Waals surface area contributed by atoms with Crippen LogP contribution in [-0.4, -0.2) is 17.0 Å². The number of nitrogens with one attached hydrogen (secondary N) is 1. The molecule has 1 N–H and O–H groups in total. The van der Waals surface area contributed by atoms with E-state index in [0.29, 0.717) is 12.1 Å². The molecular formula is C14H11BrN2O2. The van der Waals surface area contributed by atoms with Crippen molar-refractivity contribution in [3.8, 4) is 5.75 Å². The summed E-state index contributed by atoms with van der Waals surface area (Å²) in [6.07, 6.45) is 3.39. The molecule has 19 heavy (non-hydrogen) atoms. The van der Waals surface area contributed by atoms with Gasteiger partial charge in [0.05, 0.1) is 11.9 Å². The van der Waals surface area contributed by atoms with Crippen LogP contribution < -0.4 is 10.1 Å². The van der Waals surface area contributed by atoms with Gasteiger partial charge < -0.3 is 10.1 Å². The first-order valence-corrected chi connectivity index (χ1v) is 6.67. The molecule has 96 valence electrons. The smallest absolute Gasteiger partial charge is 0.265 e. The summed E-state index contributed by atoms with van der Waals surface area (Å²) in [4.78, 5) is 16.1. The molecule has 5 heteroatoms. The topological polar surface area (TPSA) is 51.2 Å². The second kappa shape index (κ2) is 5.01. The summed E-state index contributed by atoms with van der Waals surface area (Å²) in [5, 5.41) is 2.80. The maximum Gasteiger partial charge on any atom is 0.265 e. The molecule has 2 heterocycles. The first-order chi connectivity index (χ1) is 9.22. The Morgan fingerprint density at radius 1 is 1.37 bits per heavy atom. The second-order valence-electron chi connectivity index (χ2n) is 4.30. The minimum absolute atomic E-state index is 0.156. The Kier molecular flexibility index (Phi) is 3.21. The van der Waals surface area contributed by atoms with Crippen LogP contribution in [0.4, 0.5) is 5.69 Å². The number of carbonyl (C=O) groups excluding carboxylic acids is 1. The highest BCUT2D eigenvalue weighted by atomic mass is 79.9. The number of hydrogen-bond acceptors (Lipinski definition) is 3. The van der Waals surface area contributed by atoms with E-state index in [-0.39, 0.29) is 5.91 Å². The van der Waals surface area contributed by atoms with Gasteiger partial charge in [-0.3, -0.25) is 9.78 Å². The van der Waals surface area contributed by atoms with Gasteiger partial charge in [0.25, 0.3) is 5.91 Å². The van der Waals surface area contributed by atoms with E-state index in [4.69, 9.17) is 4.74 Å². The first kappa shape index (κ1) is 12.2. The Labute approximate surface area is 118 Å². The van der Waals surface area contributed by atoms with Gasteiger partial charge in [-0.25, -0.2) is 0 Å². The van der Waals surface area contributed by atoms with Crippen molar-refractivity contribution in [2.45, 2.75) is 12.5 Å². The van der Waals surface area contributed by atoms with Gasteiger partial charge in [-0.1, -0.05) is 18.2 Å². The Morgan fingerprint density at radius 3 is 3.00 bits per heavy atom. The second-order valence-corrected chi connectivity index (χ2v) is 5.22. The zero-order valence-electron chi connectivity index (χ0n) is 9.97. The molecule has 1 aromatic heterocycles. The number of hydrogen-bond donors (Lipinski definition) is 1. The van der Waals surface area contributed by atoms with E-state index in [9.17, 15) is 4.79 Å². The van der Waals surface area contributed by atoms with Crippen LogP contribution in [0.5, 0.6) is 5.75 Å². The molecule has 1 atom stereocenters. The Balaban J connectivity index is 1.70. The number of aromatic nitrogens is 1. The van der Waals surface area contributed by atoms with Gasteiger partial charge in [0.2, 0.25) is 0 Å². The van der Waals surface area contributed by atoms with E-state index in [0.717, 1.165) is 15.8 Å². The van der Waals surface area contributed by atoms with E-state index < -0.39 is 6.10 Å². The van der Waals surface area contributed by atoms with Crippen LogP contribution in [0.2, 0.25) is 0 Å². The van der Waals surface area contributed by atoms with Crippen LogP contribution in [0.25, 0.3) is 0 Å². The van der Waals surface area contributed by atoms with Gasteiger partial charge in [-0.15, -0.1) is 0 Å². The number of nitrogens with zero attached hydrogens (tertiary/aromatic N) is 1. The summed E-state index contributed by atoms with van der Waals surface area (Å²) in [7, 11) is 0. The van der Waals surface area contributed by atoms with Crippen LogP contribution in [-0.2, 0) is 11.2 Å². The minimum Gasteiger partial charge on any atom is -0.480 e. The Hall–Kier alpha value is -1.88. The van der Waals surface area contributed by atoms with Gasteiger partial charge >= 0.3 is 0 Å². The third-order valence-electron chi connectivity index (χ3n) is 2.91. The molecule has 0 radical (unpaired) electrons. The van der Waals surface area contributed by atoms with Gasteiger partial charge in [0.15, 0.2) is 6.10 Å². The Morgan fingerprint density at radius 2 is 2.21 bits per heavy atom. The maximum atomic E-state index is 12.1. The van der Waals surface area contributed by atoms with E-state index in [1.54, 1.807) is 18.5 Å². The van der Waals surface area contributed by atoms with E-state index >= 15 is 0 Å². The third kappa shape index (κ3) is 2.61. The lowest BCUT2D eigenvalue weighted by atomic mass is 10.1. The van der Waals surface area contributed by atoms with Gasteiger partial charge in [-0.2, -0.15) is 0 Å². The standard InChI is InChI=1S/C14H11BrN2O2/c15-10-6-11(8-16-7-10)17-14(18)13-5-9-3-1-2-4-12(9)19-13/h1-4,6-8,13H,5H2,(H,17,18). The number of para-hydroxylation sites is 1. The predicted octanol–water partition coefficient (Wildman–Crippen LogP) is 2.79. The SMILES string of the molecule is O=C(Nc1cncc(Br)c1)C1Cc2ccccc2O1. The summed E-state index contributed by atoms with van der Waals surface area (Å²) in [6, 6.07) is 9.50. The molecule has 1 amide bonds. The fourth-order valence-corrected chi connectivity index (χ4v) is 2.40. The van der Waals surface area contributed by atoms with Crippen molar-refractivity contribution in [2.24, 2.45) is 0 Å². The molecule has 0 fully saturated rings. The van der Waals surface area contributed by atoms with Gasteiger partial charge in [0.1, 0.15) is 5.75 Å². The van der Waals surface area contributed by atoms with Crippen LogP contribution in [0.15, 0.2) is 47.2 Å². The molecule has 1 unspecified atom stereocenters. The fraction of sp³-hybridized carbons (Fsp3) is 0.143. The minimum atomic E-state index is -0.476. The molecule has 0 bridgehead atoms. The highest BCUT2D eigenvalue weighted by molar-refractivity contribution is 9.10. The molecule has 0 aliphatic carbocycles. The average molecular weight is 319 g/mol. The first-order valence-electron chi connectivity index (χ1n) is 5.88. The largest absolute Gasteiger partial charge is 0.480 e. The van der Waals surface area contributed by atoms with E-state index in [1.807, 2.05) is 24.3 Å². The zero-order valence-corrected chi connectivity index (χ0v) is 11.6. The fourth-order valence-electron chi connectivity index (χ4n) is 2.03. The number of benzene rings is 1. The molecule has 2 aromatic rings. The number of carbonyl (C=O) groups is 1. The predicted molar refractivity (Wildman–Crippen MR) is 75.1 cm³/mol. The lowest BCUT2D eigenvalue weighted by Gasteiger charge is -2.11. The number of pyridine rings is 1. The zero-order chi connectivity index (χ0) is 13.2. The number of rotatable bonds is 2. The van der Waals surface area contributed by atoms with Crippen LogP contribution >= 0.6 is 15.9 Å². The van der Waals surface area contributed by atoms with Crippen LogP contribution in [0.3, 0.4) is 0 Å². The molecule has 1 aliphatic heterocycles. The molecule has 4 nitrogen and oxygen atoms in total.